The molecule has 0 bridgehead atoms. The molecule has 0 saturated carbocycles. The molecular formula is C71H56BNO2. The number of benzene rings is 10. The van der Waals surface area contributed by atoms with Crippen LogP contribution in [0.15, 0.2) is 186 Å². The molecule has 0 fully saturated rings. The number of aromatic nitrogens is 1. The van der Waals surface area contributed by atoms with Crippen LogP contribution in [0.1, 0.15) is 50.1 Å². The van der Waals surface area contributed by atoms with Gasteiger partial charge in [0.15, 0.2) is 10.9 Å². The Kier molecular flexibility index (Phi) is 10.6. The van der Waals surface area contributed by atoms with E-state index >= 15 is 9.59 Å². The van der Waals surface area contributed by atoms with E-state index in [-0.39, 0.29) is 17.6 Å². The van der Waals surface area contributed by atoms with Crippen molar-refractivity contribution in [2.24, 2.45) is 0 Å². The van der Waals surface area contributed by atoms with Crippen LogP contribution in [0, 0.1) is 62.3 Å². The predicted molar refractivity (Wildman–Crippen MR) is 320 cm³/mol. The summed E-state index contributed by atoms with van der Waals surface area (Å²) in [5.74, 6) is 0. The van der Waals surface area contributed by atoms with Gasteiger partial charge in [-0.05, 0) is 198 Å². The Labute approximate surface area is 438 Å². The van der Waals surface area contributed by atoms with Crippen LogP contribution in [0.5, 0.6) is 0 Å². The minimum Gasteiger partial charge on any atom is -0.309 e. The topological polar surface area (TPSA) is 38.5 Å². The molecule has 0 unspecified atom stereocenters. The molecule has 2 aromatic heterocycles. The SMILES string of the molecule is Cc1cc(C)c(B2c3cc(-c4cc(C)c(-c5ccccc5)c(C)c4)cc4c(=O)c5cc(-c6cc(C)c(-c7ccccc7)c(C)c6)cc6c(=O)c7cc(-c8cc(C)c(-c9ccccc9)c(C)c8)cc2c7n(c34)c56)c(C)c1. The third kappa shape index (κ3) is 7.18. The fourth-order valence-electron chi connectivity index (χ4n) is 13.6. The highest BCUT2D eigenvalue weighted by Crippen LogP contribution is 2.40. The Hall–Kier alpha value is -8.60. The number of nitrogens with zero attached hydrogens (tertiary/aromatic N) is 1. The third-order valence-corrected chi connectivity index (χ3v) is 16.5. The summed E-state index contributed by atoms with van der Waals surface area (Å²) in [6.07, 6.45) is 0. The second kappa shape index (κ2) is 17.3. The highest BCUT2D eigenvalue weighted by atomic mass is 16.1. The molecule has 0 N–H and O–H groups in total. The Morgan fingerprint density at radius 1 is 0.293 bits per heavy atom. The lowest BCUT2D eigenvalue weighted by molar-refractivity contribution is 1.31. The standard InChI is InChI=1S/C71H56BNO2/c1-39-25-46(8)66(47(9)26-39)72-61-37-55(52-29-42(4)64(43(5)30-52)49-21-15-11-16-22-49)35-59-68(61)73-67-57(70(59)74)33-54(51-27-40(2)63(41(3)28-51)48-19-13-10-14-20-48)34-58(67)71(75)60-36-56(38-62(72)69(60)73)53-31-44(6)65(45(7)32-53)50-23-17-12-18-24-50/h10-38H,1-9H3. The van der Waals surface area contributed by atoms with Crippen LogP contribution < -0.4 is 27.2 Å². The van der Waals surface area contributed by atoms with Crippen molar-refractivity contribution in [1.29, 1.82) is 0 Å². The van der Waals surface area contributed by atoms with E-state index in [0.717, 1.165) is 72.0 Å². The number of pyridine rings is 2. The molecule has 13 rings (SSSR count). The molecule has 1 aliphatic heterocycles. The maximum atomic E-state index is 16.0. The molecule has 0 atom stereocenters. The molecule has 0 spiro atoms. The second-order valence-corrected chi connectivity index (χ2v) is 21.6. The molecule has 0 aliphatic carbocycles. The monoisotopic (exact) mass is 965 g/mol. The first kappa shape index (κ1) is 46.2. The summed E-state index contributed by atoms with van der Waals surface area (Å²) in [5.41, 5.74) is 29.3. The zero-order valence-corrected chi connectivity index (χ0v) is 44.1. The molecule has 75 heavy (non-hydrogen) atoms. The molecule has 4 heteroatoms. The lowest BCUT2D eigenvalue weighted by Crippen LogP contribution is -2.57. The molecule has 12 aromatic rings. The average molecular weight is 966 g/mol. The van der Waals surface area contributed by atoms with Crippen LogP contribution in [-0.4, -0.2) is 11.1 Å². The minimum absolute atomic E-state index is 0.0666. The zero-order valence-electron chi connectivity index (χ0n) is 44.1. The fraction of sp³-hybridized carbons (Fsp3) is 0.127. The summed E-state index contributed by atoms with van der Waals surface area (Å²) < 4.78 is 2.31. The first-order valence-electron chi connectivity index (χ1n) is 26.3. The van der Waals surface area contributed by atoms with Crippen molar-refractivity contribution in [1.82, 2.24) is 4.40 Å². The lowest BCUT2D eigenvalue weighted by Gasteiger charge is -2.31. The highest BCUT2D eigenvalue weighted by molar-refractivity contribution is 6.99. The van der Waals surface area contributed by atoms with Crippen LogP contribution >= 0.6 is 0 Å². The van der Waals surface area contributed by atoms with Gasteiger partial charge in [-0.3, -0.25) is 9.59 Å². The van der Waals surface area contributed by atoms with Crippen molar-refractivity contribution in [3.8, 4) is 66.8 Å². The van der Waals surface area contributed by atoms with Gasteiger partial charge in [0.1, 0.15) is 0 Å². The van der Waals surface area contributed by atoms with Gasteiger partial charge in [-0.15, -0.1) is 0 Å². The lowest BCUT2D eigenvalue weighted by atomic mass is 9.34. The van der Waals surface area contributed by atoms with Gasteiger partial charge < -0.3 is 4.40 Å². The number of aryl methyl sites for hydroxylation is 9. The van der Waals surface area contributed by atoms with Crippen molar-refractivity contribution in [3.05, 3.63) is 246 Å². The molecule has 3 heterocycles. The summed E-state index contributed by atoms with van der Waals surface area (Å²) >= 11 is 0. The van der Waals surface area contributed by atoms with Gasteiger partial charge in [0, 0.05) is 21.5 Å². The van der Waals surface area contributed by atoms with Crippen LogP contribution in [0.2, 0.25) is 0 Å². The quantitative estimate of drug-likeness (QED) is 0.0907. The smallest absolute Gasteiger partial charge is 0.247 e. The van der Waals surface area contributed by atoms with Gasteiger partial charge in [-0.25, -0.2) is 0 Å². The zero-order chi connectivity index (χ0) is 51.7. The van der Waals surface area contributed by atoms with Crippen molar-refractivity contribution >= 4 is 61.2 Å². The maximum absolute atomic E-state index is 16.0. The fourth-order valence-corrected chi connectivity index (χ4v) is 13.6. The summed E-state index contributed by atoms with van der Waals surface area (Å²) in [7, 11) is 0. The van der Waals surface area contributed by atoms with Crippen molar-refractivity contribution in [2.75, 3.05) is 0 Å². The summed E-state index contributed by atoms with van der Waals surface area (Å²) in [6.45, 7) is 19.4. The third-order valence-electron chi connectivity index (χ3n) is 16.5. The second-order valence-electron chi connectivity index (χ2n) is 21.6. The number of hydrogen-bond donors (Lipinski definition) is 0. The Bertz CT molecular complexity index is 4230. The van der Waals surface area contributed by atoms with Crippen molar-refractivity contribution in [2.45, 2.75) is 62.3 Å². The van der Waals surface area contributed by atoms with Crippen LogP contribution in [0.3, 0.4) is 0 Å². The normalized spacial score (nSPS) is 12.1. The molecule has 360 valence electrons. The van der Waals surface area contributed by atoms with E-state index in [0.29, 0.717) is 27.1 Å². The number of rotatable bonds is 7. The summed E-state index contributed by atoms with van der Waals surface area (Å²) in [4.78, 5) is 31.9. The molecule has 1 aliphatic rings. The van der Waals surface area contributed by atoms with Crippen molar-refractivity contribution in [3.63, 3.8) is 0 Å². The van der Waals surface area contributed by atoms with E-state index in [1.165, 1.54) is 72.2 Å². The van der Waals surface area contributed by atoms with Gasteiger partial charge >= 0.3 is 0 Å². The Morgan fingerprint density at radius 3 is 0.893 bits per heavy atom. The van der Waals surface area contributed by atoms with Gasteiger partial charge in [0.2, 0.25) is 6.71 Å². The van der Waals surface area contributed by atoms with E-state index in [2.05, 4.69) is 237 Å². The molecule has 0 amide bonds. The van der Waals surface area contributed by atoms with E-state index < -0.39 is 0 Å². The van der Waals surface area contributed by atoms with Gasteiger partial charge in [-0.1, -0.05) is 174 Å². The Balaban J connectivity index is 1.17. The average Bonchev–Trinajstić information content (AvgIpc) is 3.54. The minimum atomic E-state index is -0.294. The Morgan fingerprint density at radius 2 is 0.573 bits per heavy atom. The molecule has 3 nitrogen and oxygen atoms in total. The molecular weight excluding hydrogens is 910 g/mol. The number of hydrogen-bond acceptors (Lipinski definition) is 2. The van der Waals surface area contributed by atoms with Crippen LogP contribution in [-0.2, 0) is 0 Å². The molecule has 0 radical (unpaired) electrons. The van der Waals surface area contributed by atoms with E-state index in [9.17, 15) is 0 Å². The van der Waals surface area contributed by atoms with Gasteiger partial charge in [0.05, 0.1) is 16.6 Å². The van der Waals surface area contributed by atoms with E-state index in [4.69, 9.17) is 0 Å². The predicted octanol–water partition coefficient (Wildman–Crippen LogP) is 15.2. The van der Waals surface area contributed by atoms with Gasteiger partial charge in [0.25, 0.3) is 0 Å². The van der Waals surface area contributed by atoms with Gasteiger partial charge in [-0.2, -0.15) is 0 Å². The van der Waals surface area contributed by atoms with Crippen molar-refractivity contribution < 1.29 is 0 Å². The first-order chi connectivity index (χ1) is 36.2. The summed E-state index contributed by atoms with van der Waals surface area (Å²) in [6, 6.07) is 63.0. The first-order valence-corrected chi connectivity index (χ1v) is 26.3. The van der Waals surface area contributed by atoms with E-state index in [1.54, 1.807) is 0 Å². The highest BCUT2D eigenvalue weighted by Gasteiger charge is 2.37. The summed E-state index contributed by atoms with van der Waals surface area (Å²) in [5, 5.41) is 2.39. The van der Waals surface area contributed by atoms with Crippen LogP contribution in [0.4, 0.5) is 0 Å². The molecule has 10 aromatic carbocycles. The molecule has 0 saturated heterocycles. The van der Waals surface area contributed by atoms with Crippen LogP contribution in [0.25, 0.3) is 105 Å². The van der Waals surface area contributed by atoms with E-state index in [1.807, 2.05) is 6.07 Å². The maximum Gasteiger partial charge on any atom is 0.247 e. The largest absolute Gasteiger partial charge is 0.309 e.